The lowest BCUT2D eigenvalue weighted by atomic mass is 10.1. The third kappa shape index (κ3) is 8.38. The number of halogens is 3. The van der Waals surface area contributed by atoms with Crippen LogP contribution in [0.1, 0.15) is 43.4 Å². The van der Waals surface area contributed by atoms with Crippen LogP contribution in [0.25, 0.3) is 0 Å². The number of rotatable bonds is 12. The maximum atomic E-state index is 14.0. The van der Waals surface area contributed by atoms with Gasteiger partial charge in [0.25, 0.3) is 10.0 Å². The van der Waals surface area contributed by atoms with Gasteiger partial charge in [-0.25, -0.2) is 8.42 Å². The first-order valence-electron chi connectivity index (χ1n) is 13.2. The van der Waals surface area contributed by atoms with Crippen molar-refractivity contribution in [1.82, 2.24) is 10.2 Å². The zero-order valence-electron chi connectivity index (χ0n) is 23.5. The molecule has 0 aliphatic heterocycles. The van der Waals surface area contributed by atoms with E-state index < -0.39 is 28.5 Å². The van der Waals surface area contributed by atoms with E-state index in [0.717, 1.165) is 28.3 Å². The molecule has 41 heavy (non-hydrogen) atoms. The fourth-order valence-corrected chi connectivity index (χ4v) is 6.10. The minimum atomic E-state index is -4.20. The number of nitrogens with one attached hydrogen (secondary N) is 1. The predicted octanol–water partition coefficient (Wildman–Crippen LogP) is 6.79. The van der Waals surface area contributed by atoms with Crippen LogP contribution in [0.5, 0.6) is 0 Å². The van der Waals surface area contributed by atoms with Crippen molar-refractivity contribution < 1.29 is 18.0 Å². The van der Waals surface area contributed by atoms with Gasteiger partial charge in [-0.1, -0.05) is 60.3 Å². The molecular formula is C30H34Cl3N3O4S. The largest absolute Gasteiger partial charge is 0.354 e. The number of sulfonamides is 1. The number of unbranched alkanes of at least 4 members (excludes halogenated alkanes) is 1. The zero-order valence-corrected chi connectivity index (χ0v) is 26.5. The summed E-state index contributed by atoms with van der Waals surface area (Å²) in [6, 6.07) is 14.9. The molecule has 0 saturated heterocycles. The summed E-state index contributed by atoms with van der Waals surface area (Å²) in [7, 11) is -4.20. The number of amides is 2. The molecule has 0 aromatic heterocycles. The fourth-order valence-electron chi connectivity index (χ4n) is 4.10. The van der Waals surface area contributed by atoms with Crippen LogP contribution in [0.15, 0.2) is 65.6 Å². The average Bonchev–Trinajstić information content (AvgIpc) is 2.92. The molecule has 0 fully saturated rings. The van der Waals surface area contributed by atoms with Crippen molar-refractivity contribution in [2.24, 2.45) is 0 Å². The average molecular weight is 639 g/mol. The normalized spacial score (nSPS) is 12.1. The highest BCUT2D eigenvalue weighted by Gasteiger charge is 2.33. The number of nitrogens with zero attached hydrogens (tertiary/aromatic N) is 2. The van der Waals surface area contributed by atoms with E-state index in [9.17, 15) is 18.0 Å². The molecule has 0 spiro atoms. The smallest absolute Gasteiger partial charge is 0.264 e. The number of benzene rings is 3. The molecule has 1 atom stereocenters. The molecule has 2 amide bonds. The highest BCUT2D eigenvalue weighted by Crippen LogP contribution is 2.28. The van der Waals surface area contributed by atoms with Gasteiger partial charge in [0.2, 0.25) is 11.8 Å². The van der Waals surface area contributed by atoms with Gasteiger partial charge in [0.05, 0.1) is 10.6 Å². The van der Waals surface area contributed by atoms with E-state index in [4.69, 9.17) is 34.8 Å². The first-order valence-corrected chi connectivity index (χ1v) is 15.8. The monoisotopic (exact) mass is 637 g/mol. The van der Waals surface area contributed by atoms with Gasteiger partial charge in [-0.2, -0.15) is 0 Å². The lowest BCUT2D eigenvalue weighted by Crippen LogP contribution is -2.51. The van der Waals surface area contributed by atoms with Gasteiger partial charge in [0.15, 0.2) is 0 Å². The van der Waals surface area contributed by atoms with Crippen molar-refractivity contribution >= 4 is 62.3 Å². The summed E-state index contributed by atoms with van der Waals surface area (Å²) in [5, 5.41) is 3.99. The highest BCUT2D eigenvalue weighted by molar-refractivity contribution is 7.92. The number of hydrogen-bond donors (Lipinski definition) is 1. The highest BCUT2D eigenvalue weighted by atomic mass is 35.5. The second-order valence-electron chi connectivity index (χ2n) is 9.81. The second-order valence-corrected chi connectivity index (χ2v) is 13.0. The third-order valence-electron chi connectivity index (χ3n) is 6.81. The van der Waals surface area contributed by atoms with Crippen LogP contribution in [0, 0.1) is 13.8 Å². The maximum Gasteiger partial charge on any atom is 0.264 e. The molecule has 0 aliphatic carbocycles. The van der Waals surface area contributed by atoms with Crippen LogP contribution in [0.2, 0.25) is 15.1 Å². The SMILES string of the molecule is CCCCNC(=O)[C@@H](C)N(Cc1ccc(Cl)cc1Cl)C(=O)CN(c1ccc(C)c(C)c1)S(=O)(=O)c1ccc(Cl)cc1. The Morgan fingerprint density at radius 1 is 0.902 bits per heavy atom. The van der Waals surface area contributed by atoms with Gasteiger partial charge in [0.1, 0.15) is 12.6 Å². The van der Waals surface area contributed by atoms with E-state index in [-0.39, 0.29) is 17.3 Å². The molecule has 3 aromatic carbocycles. The summed E-state index contributed by atoms with van der Waals surface area (Å²) < 4.78 is 28.9. The van der Waals surface area contributed by atoms with Crippen LogP contribution in [-0.4, -0.2) is 44.3 Å². The van der Waals surface area contributed by atoms with E-state index in [2.05, 4.69) is 5.32 Å². The number of carbonyl (C=O) groups excluding carboxylic acids is 2. The third-order valence-corrected chi connectivity index (χ3v) is 9.44. The summed E-state index contributed by atoms with van der Waals surface area (Å²) in [5.74, 6) is -0.930. The van der Waals surface area contributed by atoms with E-state index in [1.54, 1.807) is 43.3 Å². The number of hydrogen-bond acceptors (Lipinski definition) is 4. The minimum Gasteiger partial charge on any atom is -0.354 e. The molecule has 0 radical (unpaired) electrons. The zero-order chi connectivity index (χ0) is 30.3. The summed E-state index contributed by atoms with van der Waals surface area (Å²) in [6.45, 7) is 7.28. The summed E-state index contributed by atoms with van der Waals surface area (Å²) >= 11 is 18.5. The van der Waals surface area contributed by atoms with E-state index in [0.29, 0.717) is 32.9 Å². The number of carbonyl (C=O) groups is 2. The Balaban J connectivity index is 2.05. The van der Waals surface area contributed by atoms with E-state index in [1.807, 2.05) is 20.8 Å². The molecule has 220 valence electrons. The van der Waals surface area contributed by atoms with Gasteiger partial charge in [0, 0.05) is 28.2 Å². The van der Waals surface area contributed by atoms with Gasteiger partial charge in [-0.15, -0.1) is 0 Å². The van der Waals surface area contributed by atoms with Crippen molar-refractivity contribution in [2.75, 3.05) is 17.4 Å². The van der Waals surface area contributed by atoms with Crippen molar-refractivity contribution in [2.45, 2.75) is 58.0 Å². The first-order chi connectivity index (χ1) is 19.3. The lowest BCUT2D eigenvalue weighted by Gasteiger charge is -2.32. The molecule has 11 heteroatoms. The van der Waals surface area contributed by atoms with Crippen LogP contribution >= 0.6 is 34.8 Å². The topological polar surface area (TPSA) is 86.8 Å². The van der Waals surface area contributed by atoms with Gasteiger partial charge in [-0.3, -0.25) is 13.9 Å². The standard InChI is InChI=1S/C30H34Cl3N3O4S/c1-5-6-15-34-30(38)22(4)35(18-23-8-9-25(32)17-28(23)33)29(37)19-36(26-12-7-20(2)21(3)16-26)41(39,40)27-13-10-24(31)11-14-27/h7-14,16-17,22H,5-6,15,18-19H2,1-4H3,(H,34,38)/t22-/m1/s1. The first kappa shape index (κ1) is 32.7. The van der Waals surface area contributed by atoms with Crippen LogP contribution in [-0.2, 0) is 26.2 Å². The fraction of sp³-hybridized carbons (Fsp3) is 0.333. The molecular weight excluding hydrogens is 605 g/mol. The Labute approximate surface area is 257 Å². The van der Waals surface area contributed by atoms with Crippen LogP contribution in [0.3, 0.4) is 0 Å². The molecule has 1 N–H and O–H groups in total. The Kier molecular flexibility index (Phi) is 11.5. The van der Waals surface area contributed by atoms with Crippen LogP contribution in [0.4, 0.5) is 5.69 Å². The Morgan fingerprint density at radius 3 is 2.17 bits per heavy atom. The molecule has 3 aromatic rings. The Hall–Kier alpha value is -2.78. The Morgan fingerprint density at radius 2 is 1.56 bits per heavy atom. The van der Waals surface area contributed by atoms with Crippen molar-refractivity contribution in [3.05, 3.63) is 92.4 Å². The quantitative estimate of drug-likeness (QED) is 0.221. The molecule has 7 nitrogen and oxygen atoms in total. The number of anilines is 1. The second kappa shape index (κ2) is 14.4. The van der Waals surface area contributed by atoms with Gasteiger partial charge in [-0.05, 0) is 92.4 Å². The van der Waals surface area contributed by atoms with Crippen LogP contribution < -0.4 is 9.62 Å². The van der Waals surface area contributed by atoms with Crippen molar-refractivity contribution in [1.29, 1.82) is 0 Å². The minimum absolute atomic E-state index is 0.0226. The number of aryl methyl sites for hydroxylation is 2. The van der Waals surface area contributed by atoms with E-state index >= 15 is 0 Å². The summed E-state index contributed by atoms with van der Waals surface area (Å²) in [6.07, 6.45) is 1.68. The van der Waals surface area contributed by atoms with Gasteiger partial charge >= 0.3 is 0 Å². The molecule has 0 bridgehead atoms. The summed E-state index contributed by atoms with van der Waals surface area (Å²) in [4.78, 5) is 28.4. The summed E-state index contributed by atoms with van der Waals surface area (Å²) in [5.41, 5.74) is 2.72. The molecule has 3 rings (SSSR count). The van der Waals surface area contributed by atoms with Crippen molar-refractivity contribution in [3.63, 3.8) is 0 Å². The lowest BCUT2D eigenvalue weighted by molar-refractivity contribution is -0.139. The molecule has 0 unspecified atom stereocenters. The molecule has 0 aliphatic rings. The predicted molar refractivity (Wildman–Crippen MR) is 166 cm³/mol. The Bertz CT molecular complexity index is 1500. The van der Waals surface area contributed by atoms with Gasteiger partial charge < -0.3 is 10.2 Å². The molecule has 0 heterocycles. The maximum absolute atomic E-state index is 14.0. The van der Waals surface area contributed by atoms with Crippen molar-refractivity contribution in [3.8, 4) is 0 Å². The molecule has 0 saturated carbocycles. The van der Waals surface area contributed by atoms with E-state index in [1.165, 1.54) is 29.2 Å².